The lowest BCUT2D eigenvalue weighted by Gasteiger charge is -2.24. The molecule has 12 nitrogen and oxygen atoms in total. The molecule has 2 atom stereocenters. The fraction of sp³-hybridized carbons (Fsp3) is 0.469. The van der Waals surface area contributed by atoms with E-state index in [0.717, 1.165) is 11.1 Å². The first-order valence-corrected chi connectivity index (χ1v) is 16.0. The molecule has 0 saturated carbocycles. The van der Waals surface area contributed by atoms with Crippen LogP contribution in [0.15, 0.2) is 60.7 Å². The van der Waals surface area contributed by atoms with E-state index < -0.39 is 48.1 Å². The molecule has 0 unspecified atom stereocenters. The zero-order valence-corrected chi connectivity index (χ0v) is 28.0. The number of carbonyl (C=O) groups excluding carboxylic acids is 5. The maximum atomic E-state index is 13.0. The minimum Gasteiger partial charge on any atom is -0.464 e. The smallest absolute Gasteiger partial charge is 0.408 e. The molecule has 2 N–H and O–H groups in total. The number of carbonyl (C=O) groups is 5. The van der Waals surface area contributed by atoms with Crippen molar-refractivity contribution in [3.8, 4) is 0 Å². The van der Waals surface area contributed by atoms with Crippen LogP contribution >= 0.6 is 22.6 Å². The molecule has 2 rings (SSSR count). The van der Waals surface area contributed by atoms with Gasteiger partial charge in [0.1, 0.15) is 29.9 Å². The van der Waals surface area contributed by atoms with Crippen LogP contribution in [0, 0.1) is 17.8 Å². The molecule has 0 saturated heterocycles. The third-order valence-electron chi connectivity index (χ3n) is 6.41. The standard InChI is InChI=1S/C32H41IN2O10/c1-21(2)27(34-31(39)43-16-23-11-7-5-8-12-23)29(37)41-18-25(15-26(36)45-20-33)19-42-30(38)28(22(3)4)35-32(40)44-17-24-13-9-6-10-14-24/h5-14,21-22,25,27-28H,15-20H2,1-4H3,(H,34,39)(H,35,40)/t27-,28-/m0/s1. The van der Waals surface area contributed by atoms with Crippen molar-refractivity contribution in [3.63, 3.8) is 0 Å². The SMILES string of the molecule is CC(C)[C@H](NC(=O)OCc1ccccc1)C(=O)OCC(COC(=O)[C@@H](NC(=O)OCc1ccccc1)C(C)C)CC(=O)OCI. The number of nitrogens with one attached hydrogen (secondary N) is 2. The van der Waals surface area contributed by atoms with Crippen LogP contribution in [0.25, 0.3) is 0 Å². The Bertz CT molecular complexity index is 1140. The summed E-state index contributed by atoms with van der Waals surface area (Å²) in [6.45, 7) is 6.35. The average Bonchev–Trinajstić information content (AvgIpc) is 3.02. The van der Waals surface area contributed by atoms with Crippen LogP contribution < -0.4 is 10.6 Å². The molecule has 13 heteroatoms. The number of hydrogen-bond donors (Lipinski definition) is 2. The molecule has 0 aliphatic rings. The molecule has 2 aromatic carbocycles. The van der Waals surface area contributed by atoms with Gasteiger partial charge in [-0.25, -0.2) is 19.2 Å². The first-order chi connectivity index (χ1) is 21.5. The second-order valence-corrected chi connectivity index (χ2v) is 11.4. The van der Waals surface area contributed by atoms with Crippen molar-refractivity contribution < 1.29 is 47.7 Å². The van der Waals surface area contributed by atoms with Gasteiger partial charge in [-0.3, -0.25) is 4.79 Å². The summed E-state index contributed by atoms with van der Waals surface area (Å²) in [5.74, 6) is -3.52. The fourth-order valence-corrected chi connectivity index (χ4v) is 4.23. The van der Waals surface area contributed by atoms with Gasteiger partial charge in [-0.1, -0.05) is 88.4 Å². The molecule has 0 bridgehead atoms. The first-order valence-electron chi connectivity index (χ1n) is 14.5. The number of esters is 3. The van der Waals surface area contributed by atoms with Gasteiger partial charge in [0.25, 0.3) is 0 Å². The van der Waals surface area contributed by atoms with Crippen LogP contribution in [0.3, 0.4) is 0 Å². The second kappa shape index (κ2) is 20.2. The highest BCUT2D eigenvalue weighted by Gasteiger charge is 2.30. The topological polar surface area (TPSA) is 156 Å². The van der Waals surface area contributed by atoms with Gasteiger partial charge < -0.3 is 34.3 Å². The molecule has 0 heterocycles. The van der Waals surface area contributed by atoms with Crippen molar-refractivity contribution in [1.29, 1.82) is 0 Å². The van der Waals surface area contributed by atoms with Crippen molar-refractivity contribution >= 4 is 52.7 Å². The normalized spacial score (nSPS) is 12.2. The van der Waals surface area contributed by atoms with E-state index in [1.165, 1.54) is 0 Å². The lowest BCUT2D eigenvalue weighted by Crippen LogP contribution is -2.46. The summed E-state index contributed by atoms with van der Waals surface area (Å²) in [6.07, 6.45) is -1.79. The largest absolute Gasteiger partial charge is 0.464 e. The van der Waals surface area contributed by atoms with Crippen molar-refractivity contribution in [3.05, 3.63) is 71.8 Å². The van der Waals surface area contributed by atoms with Gasteiger partial charge in [-0.05, 0) is 45.6 Å². The van der Waals surface area contributed by atoms with Gasteiger partial charge in [0.15, 0.2) is 0 Å². The molecule has 45 heavy (non-hydrogen) atoms. The Hall–Kier alpha value is -3.88. The maximum absolute atomic E-state index is 13.0. The van der Waals surface area contributed by atoms with Crippen LogP contribution in [0.5, 0.6) is 0 Å². The molecule has 0 aromatic heterocycles. The van der Waals surface area contributed by atoms with Crippen molar-refractivity contribution in [2.45, 2.75) is 59.4 Å². The van der Waals surface area contributed by atoms with Gasteiger partial charge in [0.05, 0.1) is 19.6 Å². The summed E-state index contributed by atoms with van der Waals surface area (Å²) in [7, 11) is 0. The number of amides is 2. The number of halogens is 1. The Balaban J connectivity index is 1.95. The highest BCUT2D eigenvalue weighted by molar-refractivity contribution is 14.1. The number of ether oxygens (including phenoxy) is 5. The van der Waals surface area contributed by atoms with Gasteiger partial charge in [-0.15, -0.1) is 0 Å². The van der Waals surface area contributed by atoms with E-state index in [9.17, 15) is 24.0 Å². The number of alkyl carbamates (subject to hydrolysis) is 2. The summed E-state index contributed by atoms with van der Waals surface area (Å²) in [5, 5.41) is 5.04. The van der Waals surface area contributed by atoms with E-state index in [4.69, 9.17) is 23.7 Å². The van der Waals surface area contributed by atoms with Crippen LogP contribution in [-0.4, -0.2) is 60.0 Å². The minimum absolute atomic E-state index is 0.0237. The maximum Gasteiger partial charge on any atom is 0.408 e. The van der Waals surface area contributed by atoms with E-state index in [0.29, 0.717) is 0 Å². The second-order valence-electron chi connectivity index (χ2n) is 10.8. The van der Waals surface area contributed by atoms with Gasteiger partial charge in [0.2, 0.25) is 0 Å². The Labute approximate surface area is 277 Å². The molecule has 0 radical (unpaired) electrons. The highest BCUT2D eigenvalue weighted by Crippen LogP contribution is 2.13. The van der Waals surface area contributed by atoms with Crippen LogP contribution in [0.1, 0.15) is 45.2 Å². The van der Waals surface area contributed by atoms with Gasteiger partial charge in [-0.2, -0.15) is 0 Å². The van der Waals surface area contributed by atoms with Crippen LogP contribution in [-0.2, 0) is 51.3 Å². The zero-order chi connectivity index (χ0) is 33.2. The van der Waals surface area contributed by atoms with E-state index in [-0.39, 0.29) is 49.3 Å². The van der Waals surface area contributed by atoms with E-state index >= 15 is 0 Å². The molecule has 0 aliphatic heterocycles. The summed E-state index contributed by atoms with van der Waals surface area (Å²) in [6, 6.07) is 16.1. The summed E-state index contributed by atoms with van der Waals surface area (Å²) in [5.41, 5.74) is 1.57. The first kappa shape index (κ1) is 37.3. The molecule has 2 aromatic rings. The van der Waals surface area contributed by atoms with Crippen molar-refractivity contribution in [2.75, 3.05) is 17.8 Å². The third kappa shape index (κ3) is 14.6. The Morgan fingerprint density at radius 1 is 0.622 bits per heavy atom. The van der Waals surface area contributed by atoms with Gasteiger partial charge >= 0.3 is 30.1 Å². The predicted molar refractivity (Wildman–Crippen MR) is 172 cm³/mol. The fourth-order valence-electron chi connectivity index (χ4n) is 3.88. The molecule has 0 aliphatic carbocycles. The van der Waals surface area contributed by atoms with E-state index in [1.807, 2.05) is 59.0 Å². The number of alkyl halides is 1. The summed E-state index contributed by atoms with van der Waals surface area (Å²) >= 11 is 1.87. The lowest BCUT2D eigenvalue weighted by atomic mass is 10.0. The third-order valence-corrected chi connectivity index (χ3v) is 6.72. The van der Waals surface area contributed by atoms with Crippen molar-refractivity contribution in [2.24, 2.45) is 17.8 Å². The molecular weight excluding hydrogens is 699 g/mol. The van der Waals surface area contributed by atoms with Crippen LogP contribution in [0.2, 0.25) is 0 Å². The number of rotatable bonds is 17. The predicted octanol–water partition coefficient (Wildman–Crippen LogP) is 4.92. The van der Waals surface area contributed by atoms with E-state index in [1.54, 1.807) is 52.0 Å². The molecular formula is C32H41IN2O10. The highest BCUT2D eigenvalue weighted by atomic mass is 127. The Morgan fingerprint density at radius 3 is 1.38 bits per heavy atom. The molecule has 0 spiro atoms. The molecule has 2 amide bonds. The van der Waals surface area contributed by atoms with Crippen LogP contribution in [0.4, 0.5) is 9.59 Å². The lowest BCUT2D eigenvalue weighted by molar-refractivity contribution is -0.156. The molecule has 246 valence electrons. The number of hydrogen-bond acceptors (Lipinski definition) is 10. The Morgan fingerprint density at radius 2 is 1.02 bits per heavy atom. The van der Waals surface area contributed by atoms with Crippen molar-refractivity contribution in [1.82, 2.24) is 10.6 Å². The quantitative estimate of drug-likeness (QED) is 0.0989. The zero-order valence-electron chi connectivity index (χ0n) is 25.9. The molecule has 0 fully saturated rings. The summed E-state index contributed by atoms with van der Waals surface area (Å²) < 4.78 is 26.5. The average molecular weight is 741 g/mol. The van der Waals surface area contributed by atoms with E-state index in [2.05, 4.69) is 10.6 Å². The Kier molecular flexibility index (Phi) is 16.8. The van der Waals surface area contributed by atoms with Gasteiger partial charge in [0, 0.05) is 5.92 Å². The monoisotopic (exact) mass is 740 g/mol. The number of benzene rings is 2. The minimum atomic E-state index is -1.03. The summed E-state index contributed by atoms with van der Waals surface area (Å²) in [4.78, 5) is 62.9.